The molecule has 0 bridgehead atoms. The number of aliphatic imine (C=N–C) groups is 1. The van der Waals surface area contributed by atoms with E-state index in [0.717, 1.165) is 6.42 Å². The highest BCUT2D eigenvalue weighted by molar-refractivity contribution is 5.86. The maximum atomic E-state index is 11.9. The number of amides is 1. The molecule has 15 heavy (non-hydrogen) atoms. The molecule has 4 unspecified atom stereocenters. The second kappa shape index (κ2) is 3.43. The predicted molar refractivity (Wildman–Crippen MR) is 56.4 cm³/mol. The van der Waals surface area contributed by atoms with E-state index in [-0.39, 0.29) is 30.1 Å². The molecule has 3 rings (SSSR count). The average molecular weight is 206 g/mol. The zero-order valence-electron chi connectivity index (χ0n) is 8.31. The molecule has 0 aromatic rings. The molecule has 1 aliphatic carbocycles. The van der Waals surface area contributed by atoms with Crippen molar-refractivity contribution in [2.24, 2.45) is 10.9 Å². The van der Waals surface area contributed by atoms with E-state index < -0.39 is 0 Å². The number of nitrogens with zero attached hydrogens (tertiary/aromatic N) is 1. The lowest BCUT2D eigenvalue weighted by Crippen LogP contribution is -2.59. The van der Waals surface area contributed by atoms with Crippen LogP contribution in [0.3, 0.4) is 0 Å². The van der Waals surface area contributed by atoms with Gasteiger partial charge in [-0.2, -0.15) is 0 Å². The number of fused-ring (bicyclic) bond motifs is 2. The van der Waals surface area contributed by atoms with Crippen molar-refractivity contribution in [2.45, 2.75) is 24.7 Å². The Morgan fingerprint density at radius 2 is 2.40 bits per heavy atom. The Labute approximate surface area is 88.0 Å². The monoisotopic (exact) mass is 206 g/mol. The summed E-state index contributed by atoms with van der Waals surface area (Å²) in [5.74, 6) is 0.0784. The Kier molecular flexibility index (Phi) is 2.07. The van der Waals surface area contributed by atoms with Gasteiger partial charge in [-0.25, -0.2) is 0 Å². The van der Waals surface area contributed by atoms with Gasteiger partial charge in [0.15, 0.2) is 0 Å². The first-order valence-electron chi connectivity index (χ1n) is 5.31. The molecular weight excluding hydrogens is 192 g/mol. The molecule has 3 N–H and O–H groups in total. The minimum Gasteiger partial charge on any atom is -0.345 e. The molecule has 0 aromatic carbocycles. The first-order valence-corrected chi connectivity index (χ1v) is 5.31. The quantitative estimate of drug-likeness (QED) is 0.444. The number of nitrogens with one attached hydrogen (secondary N) is 3. The molecule has 4 atom stereocenters. The average Bonchev–Trinajstić information content (AvgIpc) is 2.64. The van der Waals surface area contributed by atoms with Gasteiger partial charge in [0.25, 0.3) is 0 Å². The van der Waals surface area contributed by atoms with Gasteiger partial charge in [0.1, 0.15) is 0 Å². The molecule has 0 aromatic heterocycles. The second-order valence-corrected chi connectivity index (χ2v) is 4.17. The fourth-order valence-corrected chi connectivity index (χ4v) is 2.40. The maximum absolute atomic E-state index is 11.9. The van der Waals surface area contributed by atoms with E-state index in [1.54, 1.807) is 0 Å². The van der Waals surface area contributed by atoms with Crippen LogP contribution in [-0.4, -0.2) is 37.0 Å². The van der Waals surface area contributed by atoms with Gasteiger partial charge in [-0.3, -0.25) is 20.4 Å². The molecule has 2 aliphatic heterocycles. The highest BCUT2D eigenvalue weighted by Gasteiger charge is 2.38. The van der Waals surface area contributed by atoms with Crippen molar-refractivity contribution in [3.63, 3.8) is 0 Å². The molecule has 3 aliphatic rings. The van der Waals surface area contributed by atoms with Crippen molar-refractivity contribution in [3.05, 3.63) is 12.2 Å². The van der Waals surface area contributed by atoms with Crippen LogP contribution in [0.1, 0.15) is 6.42 Å². The van der Waals surface area contributed by atoms with Crippen LogP contribution < -0.4 is 16.0 Å². The predicted octanol–water partition coefficient (Wildman–Crippen LogP) is -1.02. The van der Waals surface area contributed by atoms with E-state index in [1.807, 2.05) is 12.3 Å². The Hall–Kier alpha value is -1.20. The Morgan fingerprint density at radius 1 is 1.47 bits per heavy atom. The van der Waals surface area contributed by atoms with Crippen molar-refractivity contribution in [1.82, 2.24) is 16.0 Å². The fraction of sp³-hybridized carbons (Fsp3) is 0.600. The fourth-order valence-electron chi connectivity index (χ4n) is 2.40. The molecule has 5 heteroatoms. The number of hydrogen-bond acceptors (Lipinski definition) is 4. The number of carbonyl (C=O) groups excluding carboxylic acids is 1. The molecule has 2 heterocycles. The van der Waals surface area contributed by atoms with Gasteiger partial charge in [-0.15, -0.1) is 0 Å². The highest BCUT2D eigenvalue weighted by atomic mass is 16.2. The largest absolute Gasteiger partial charge is 0.345 e. The third-order valence-electron chi connectivity index (χ3n) is 3.20. The minimum absolute atomic E-state index is 0.0224. The smallest absolute Gasteiger partial charge is 0.229 e. The van der Waals surface area contributed by atoms with Gasteiger partial charge in [-0.05, 0) is 6.42 Å². The molecule has 1 amide bonds. The number of hydrogen-bond donors (Lipinski definition) is 3. The van der Waals surface area contributed by atoms with Gasteiger partial charge in [-0.1, -0.05) is 12.2 Å². The van der Waals surface area contributed by atoms with Crippen molar-refractivity contribution < 1.29 is 4.79 Å². The molecule has 5 nitrogen and oxygen atoms in total. The van der Waals surface area contributed by atoms with Crippen LogP contribution in [0.25, 0.3) is 0 Å². The van der Waals surface area contributed by atoms with Crippen LogP contribution in [0, 0.1) is 5.92 Å². The topological polar surface area (TPSA) is 65.5 Å². The molecular formula is C10H14N4O. The van der Waals surface area contributed by atoms with Gasteiger partial charge < -0.3 is 5.32 Å². The third-order valence-corrected chi connectivity index (χ3v) is 3.20. The van der Waals surface area contributed by atoms with Crippen LogP contribution in [0.2, 0.25) is 0 Å². The van der Waals surface area contributed by atoms with Crippen LogP contribution >= 0.6 is 0 Å². The molecule has 1 fully saturated rings. The maximum Gasteiger partial charge on any atom is 0.229 e. The van der Waals surface area contributed by atoms with Crippen LogP contribution in [0.15, 0.2) is 17.1 Å². The minimum atomic E-state index is -0.0229. The molecule has 80 valence electrons. The lowest BCUT2D eigenvalue weighted by molar-refractivity contribution is -0.123. The standard InChI is InChI=1S/C10H14N4O/c15-10-6-2-1-3-7(6)13-9-8(14-10)4-11-5-12-9/h1-2,4,6-9,12-13H,3,5H2,(H,14,15). The van der Waals surface area contributed by atoms with E-state index in [4.69, 9.17) is 0 Å². The summed E-state index contributed by atoms with van der Waals surface area (Å²) in [5, 5.41) is 9.69. The van der Waals surface area contributed by atoms with E-state index in [1.165, 1.54) is 0 Å². The van der Waals surface area contributed by atoms with Crippen LogP contribution in [-0.2, 0) is 4.79 Å². The van der Waals surface area contributed by atoms with E-state index >= 15 is 0 Å². The van der Waals surface area contributed by atoms with Gasteiger partial charge in [0.2, 0.25) is 5.91 Å². The SMILES string of the molecule is O=C1NC2C=NCNC2NC2CC=CC12. The van der Waals surface area contributed by atoms with Gasteiger partial charge in [0, 0.05) is 12.3 Å². The molecule has 0 radical (unpaired) electrons. The van der Waals surface area contributed by atoms with Crippen molar-refractivity contribution in [3.8, 4) is 0 Å². The van der Waals surface area contributed by atoms with Gasteiger partial charge >= 0.3 is 0 Å². The second-order valence-electron chi connectivity index (χ2n) is 4.17. The van der Waals surface area contributed by atoms with Gasteiger partial charge in [0.05, 0.1) is 24.8 Å². The van der Waals surface area contributed by atoms with Crippen LogP contribution in [0.4, 0.5) is 0 Å². The Balaban J connectivity index is 1.86. The van der Waals surface area contributed by atoms with Crippen molar-refractivity contribution in [2.75, 3.05) is 6.67 Å². The summed E-state index contributed by atoms with van der Waals surface area (Å²) in [6.07, 6.45) is 6.92. The molecule has 0 spiro atoms. The zero-order chi connectivity index (χ0) is 10.3. The summed E-state index contributed by atoms with van der Waals surface area (Å²) in [7, 11) is 0. The first kappa shape index (κ1) is 9.06. The highest BCUT2D eigenvalue weighted by Crippen LogP contribution is 2.21. The van der Waals surface area contributed by atoms with Crippen molar-refractivity contribution in [1.29, 1.82) is 0 Å². The van der Waals surface area contributed by atoms with E-state index in [9.17, 15) is 4.79 Å². The molecule has 1 saturated heterocycles. The summed E-state index contributed by atoms with van der Waals surface area (Å²) in [6, 6.07) is 0.212. The third kappa shape index (κ3) is 1.48. The lowest BCUT2D eigenvalue weighted by Gasteiger charge is -2.28. The van der Waals surface area contributed by atoms with E-state index in [2.05, 4.69) is 27.0 Å². The van der Waals surface area contributed by atoms with Crippen LogP contribution in [0.5, 0.6) is 0 Å². The zero-order valence-corrected chi connectivity index (χ0v) is 8.31. The first-order chi connectivity index (χ1) is 7.34. The Bertz CT molecular complexity index is 338. The summed E-state index contributed by atoms with van der Waals surface area (Å²) >= 11 is 0. The summed E-state index contributed by atoms with van der Waals surface area (Å²) in [5.41, 5.74) is 0. The Morgan fingerprint density at radius 3 is 3.33 bits per heavy atom. The van der Waals surface area contributed by atoms with Crippen molar-refractivity contribution >= 4 is 12.1 Å². The lowest BCUT2D eigenvalue weighted by atomic mass is 10.0. The summed E-state index contributed by atoms with van der Waals surface area (Å²) < 4.78 is 0. The van der Waals surface area contributed by atoms with E-state index in [0.29, 0.717) is 6.67 Å². The molecule has 0 saturated carbocycles. The summed E-state index contributed by atoms with van der Waals surface area (Å²) in [4.78, 5) is 16.0. The number of rotatable bonds is 0. The normalized spacial score (nSPS) is 43.1. The number of carbonyl (C=O) groups is 1. The summed E-state index contributed by atoms with van der Waals surface area (Å²) in [6.45, 7) is 0.620.